The Balaban J connectivity index is 2.70. The summed E-state index contributed by atoms with van der Waals surface area (Å²) in [6.45, 7) is 2.38. The summed E-state index contributed by atoms with van der Waals surface area (Å²) in [5, 5.41) is 9.00. The first-order valence-corrected chi connectivity index (χ1v) is 6.29. The van der Waals surface area contributed by atoms with Gasteiger partial charge in [0.2, 0.25) is 0 Å². The Hall–Kier alpha value is -0.720. The Kier molecular flexibility index (Phi) is 5.49. The molecule has 0 radical (unpaired) electrons. The van der Waals surface area contributed by atoms with Gasteiger partial charge in [0.05, 0.1) is 6.61 Å². The Morgan fingerprint density at radius 2 is 2.06 bits per heavy atom. The highest BCUT2D eigenvalue weighted by Gasteiger charge is 2.29. The van der Waals surface area contributed by atoms with Gasteiger partial charge in [-0.05, 0) is 43.4 Å². The van der Waals surface area contributed by atoms with Crippen LogP contribution in [0.1, 0.15) is 12.5 Å². The summed E-state index contributed by atoms with van der Waals surface area (Å²) in [6, 6.07) is 6.33. The van der Waals surface area contributed by atoms with Crippen molar-refractivity contribution in [1.82, 2.24) is 4.90 Å². The van der Waals surface area contributed by atoms with Crippen LogP contribution >= 0.6 is 11.8 Å². The van der Waals surface area contributed by atoms with Gasteiger partial charge in [0.1, 0.15) is 0 Å². The summed E-state index contributed by atoms with van der Waals surface area (Å²) in [5.74, 6) is 0. The molecule has 1 aromatic rings. The SMILES string of the molecule is CC(CO)N(C)Cc1cccc(SC(F)(F)F)c1. The second-order valence-electron chi connectivity index (χ2n) is 4.14. The largest absolute Gasteiger partial charge is 0.446 e. The molecule has 1 unspecified atom stereocenters. The van der Waals surface area contributed by atoms with Crippen molar-refractivity contribution in [3.63, 3.8) is 0 Å². The van der Waals surface area contributed by atoms with E-state index >= 15 is 0 Å². The first kappa shape index (κ1) is 15.3. The molecule has 0 fully saturated rings. The highest BCUT2D eigenvalue weighted by molar-refractivity contribution is 8.00. The summed E-state index contributed by atoms with van der Waals surface area (Å²) < 4.78 is 36.7. The average molecular weight is 279 g/mol. The van der Waals surface area contributed by atoms with E-state index in [0.29, 0.717) is 6.54 Å². The smallest absolute Gasteiger partial charge is 0.395 e. The molecule has 0 aromatic heterocycles. The molecular weight excluding hydrogens is 263 g/mol. The lowest BCUT2D eigenvalue weighted by atomic mass is 10.2. The number of thioether (sulfide) groups is 1. The maximum absolute atomic E-state index is 12.2. The van der Waals surface area contributed by atoms with E-state index < -0.39 is 5.51 Å². The standard InChI is InChI=1S/C12H16F3NOS/c1-9(8-17)16(2)7-10-4-3-5-11(6-10)18-12(13,14)15/h3-6,9,17H,7-8H2,1-2H3. The van der Waals surface area contributed by atoms with Crippen LogP contribution in [0.15, 0.2) is 29.2 Å². The van der Waals surface area contributed by atoms with Gasteiger partial charge in [0.25, 0.3) is 0 Å². The van der Waals surface area contributed by atoms with Crippen molar-refractivity contribution in [3.05, 3.63) is 29.8 Å². The van der Waals surface area contributed by atoms with Crippen LogP contribution in [-0.4, -0.2) is 35.2 Å². The third-order valence-corrected chi connectivity index (χ3v) is 3.30. The predicted octanol–water partition coefficient (Wildman–Crippen LogP) is 3.11. The lowest BCUT2D eigenvalue weighted by molar-refractivity contribution is -0.0328. The molecule has 1 atom stereocenters. The van der Waals surface area contributed by atoms with E-state index in [1.54, 1.807) is 12.1 Å². The van der Waals surface area contributed by atoms with Crippen LogP contribution in [0.25, 0.3) is 0 Å². The molecule has 102 valence electrons. The number of nitrogens with zero attached hydrogens (tertiary/aromatic N) is 1. The number of benzene rings is 1. The average Bonchev–Trinajstić information content (AvgIpc) is 2.26. The Morgan fingerprint density at radius 3 is 2.61 bits per heavy atom. The molecule has 0 spiro atoms. The number of aliphatic hydroxyl groups excluding tert-OH is 1. The molecule has 0 saturated carbocycles. The lowest BCUT2D eigenvalue weighted by Crippen LogP contribution is -2.31. The number of rotatable bonds is 5. The van der Waals surface area contributed by atoms with E-state index in [4.69, 9.17) is 5.11 Å². The number of halogens is 3. The van der Waals surface area contributed by atoms with Gasteiger partial charge >= 0.3 is 5.51 Å². The highest BCUT2D eigenvalue weighted by atomic mass is 32.2. The van der Waals surface area contributed by atoms with E-state index in [-0.39, 0.29) is 29.3 Å². The molecule has 0 bridgehead atoms. The van der Waals surface area contributed by atoms with Crippen LogP contribution in [0.5, 0.6) is 0 Å². The van der Waals surface area contributed by atoms with Gasteiger partial charge in [-0.3, -0.25) is 4.90 Å². The second-order valence-corrected chi connectivity index (χ2v) is 5.28. The molecular formula is C12H16F3NOS. The number of likely N-dealkylation sites (N-methyl/N-ethyl adjacent to an activating group) is 1. The fourth-order valence-electron chi connectivity index (χ4n) is 1.42. The Labute approximate surface area is 109 Å². The zero-order valence-corrected chi connectivity index (χ0v) is 11.1. The van der Waals surface area contributed by atoms with Crippen molar-refractivity contribution in [2.75, 3.05) is 13.7 Å². The van der Waals surface area contributed by atoms with Crippen molar-refractivity contribution in [1.29, 1.82) is 0 Å². The predicted molar refractivity (Wildman–Crippen MR) is 66.4 cm³/mol. The number of aliphatic hydroxyl groups is 1. The summed E-state index contributed by atoms with van der Waals surface area (Å²) in [4.78, 5) is 2.07. The molecule has 0 aliphatic heterocycles. The number of hydrogen-bond acceptors (Lipinski definition) is 3. The number of alkyl halides is 3. The zero-order valence-electron chi connectivity index (χ0n) is 10.2. The fraction of sp³-hybridized carbons (Fsp3) is 0.500. The summed E-state index contributed by atoms with van der Waals surface area (Å²) in [6.07, 6.45) is 0. The van der Waals surface area contributed by atoms with Crippen LogP contribution in [0.4, 0.5) is 13.2 Å². The second kappa shape index (κ2) is 6.45. The first-order chi connectivity index (χ1) is 8.31. The molecule has 0 aliphatic carbocycles. The van der Waals surface area contributed by atoms with Crippen molar-refractivity contribution in [2.24, 2.45) is 0 Å². The molecule has 0 heterocycles. The van der Waals surface area contributed by atoms with Crippen LogP contribution in [0.2, 0.25) is 0 Å². The van der Waals surface area contributed by atoms with Crippen LogP contribution < -0.4 is 0 Å². The minimum atomic E-state index is -4.26. The molecule has 0 aliphatic rings. The first-order valence-electron chi connectivity index (χ1n) is 5.47. The lowest BCUT2D eigenvalue weighted by Gasteiger charge is -2.23. The quantitative estimate of drug-likeness (QED) is 0.838. The third-order valence-electron chi connectivity index (χ3n) is 2.58. The topological polar surface area (TPSA) is 23.5 Å². The van der Waals surface area contributed by atoms with Crippen LogP contribution in [0.3, 0.4) is 0 Å². The summed E-state index contributed by atoms with van der Waals surface area (Å²) >= 11 is -0.112. The highest BCUT2D eigenvalue weighted by Crippen LogP contribution is 2.37. The molecule has 1 rings (SSSR count). The Bertz CT molecular complexity index is 384. The Morgan fingerprint density at radius 1 is 1.39 bits per heavy atom. The van der Waals surface area contributed by atoms with Crippen LogP contribution in [0, 0.1) is 0 Å². The van der Waals surface area contributed by atoms with Gasteiger partial charge in [-0.25, -0.2) is 0 Å². The van der Waals surface area contributed by atoms with Gasteiger partial charge < -0.3 is 5.11 Å². The molecule has 2 nitrogen and oxygen atoms in total. The molecule has 6 heteroatoms. The molecule has 18 heavy (non-hydrogen) atoms. The van der Waals surface area contributed by atoms with Crippen molar-refractivity contribution < 1.29 is 18.3 Å². The van der Waals surface area contributed by atoms with E-state index in [1.165, 1.54) is 12.1 Å². The third kappa shape index (κ3) is 5.29. The fourth-order valence-corrected chi connectivity index (χ4v) is 2.05. The summed E-state index contributed by atoms with van der Waals surface area (Å²) in [7, 11) is 1.82. The van der Waals surface area contributed by atoms with E-state index in [0.717, 1.165) is 5.56 Å². The molecule has 0 saturated heterocycles. The molecule has 1 aromatic carbocycles. The normalized spacial score (nSPS) is 13.9. The minimum Gasteiger partial charge on any atom is -0.395 e. The molecule has 1 N–H and O–H groups in total. The van der Waals surface area contributed by atoms with E-state index in [2.05, 4.69) is 0 Å². The van der Waals surface area contributed by atoms with Crippen molar-refractivity contribution in [3.8, 4) is 0 Å². The van der Waals surface area contributed by atoms with Crippen LogP contribution in [-0.2, 0) is 6.54 Å². The zero-order chi connectivity index (χ0) is 13.8. The maximum atomic E-state index is 12.2. The molecule has 0 amide bonds. The van der Waals surface area contributed by atoms with Gasteiger partial charge in [-0.15, -0.1) is 0 Å². The van der Waals surface area contributed by atoms with Gasteiger partial charge in [0.15, 0.2) is 0 Å². The maximum Gasteiger partial charge on any atom is 0.446 e. The minimum absolute atomic E-state index is 0.0213. The van der Waals surface area contributed by atoms with E-state index in [9.17, 15) is 13.2 Å². The number of hydrogen-bond donors (Lipinski definition) is 1. The van der Waals surface area contributed by atoms with Crippen molar-refractivity contribution >= 4 is 11.8 Å². The van der Waals surface area contributed by atoms with Gasteiger partial charge in [-0.2, -0.15) is 13.2 Å². The van der Waals surface area contributed by atoms with Gasteiger partial charge in [-0.1, -0.05) is 12.1 Å². The summed E-state index contributed by atoms with van der Waals surface area (Å²) in [5.41, 5.74) is -3.46. The van der Waals surface area contributed by atoms with E-state index in [1.807, 2.05) is 18.9 Å². The van der Waals surface area contributed by atoms with Gasteiger partial charge in [0, 0.05) is 17.5 Å². The van der Waals surface area contributed by atoms with Crippen molar-refractivity contribution in [2.45, 2.75) is 29.9 Å². The monoisotopic (exact) mass is 279 g/mol.